The lowest BCUT2D eigenvalue weighted by atomic mass is 10.1. The van der Waals surface area contributed by atoms with Gasteiger partial charge in [-0.2, -0.15) is 0 Å². The van der Waals surface area contributed by atoms with E-state index in [1.807, 2.05) is 42.7 Å². The predicted octanol–water partition coefficient (Wildman–Crippen LogP) is 4.99. The zero-order valence-corrected chi connectivity index (χ0v) is 15.5. The number of H-pyrrole nitrogens is 1. The van der Waals surface area contributed by atoms with E-state index < -0.39 is 0 Å². The second-order valence-corrected chi connectivity index (χ2v) is 6.77. The van der Waals surface area contributed by atoms with Crippen molar-refractivity contribution in [3.63, 3.8) is 0 Å². The molecule has 4 nitrogen and oxygen atoms in total. The van der Waals surface area contributed by atoms with Crippen molar-refractivity contribution >= 4 is 11.8 Å². The summed E-state index contributed by atoms with van der Waals surface area (Å²) in [7, 11) is 0. The first-order valence-electron chi connectivity index (χ1n) is 8.49. The van der Waals surface area contributed by atoms with Gasteiger partial charge in [-0.15, -0.1) is 0 Å². The number of aromatic amines is 1. The number of hydrogen-bond donors (Lipinski definition) is 1. The fourth-order valence-corrected chi connectivity index (χ4v) is 3.25. The lowest BCUT2D eigenvalue weighted by Crippen LogP contribution is -1.97. The monoisotopic (exact) mass is 376 g/mol. The van der Waals surface area contributed by atoms with Gasteiger partial charge >= 0.3 is 0 Å². The molecule has 0 fully saturated rings. The van der Waals surface area contributed by atoms with Crippen LogP contribution in [0.25, 0.3) is 22.6 Å². The van der Waals surface area contributed by atoms with Crippen molar-refractivity contribution in [2.24, 2.45) is 0 Å². The number of benzene rings is 2. The first-order chi connectivity index (χ1) is 13.2. The SMILES string of the molecule is CSc1nccc(Cc2[nH]c(-c3ccccc3)nc2-c2ccc(F)cc2)n1. The summed E-state index contributed by atoms with van der Waals surface area (Å²) < 4.78 is 13.4. The Labute approximate surface area is 160 Å². The van der Waals surface area contributed by atoms with Crippen LogP contribution < -0.4 is 0 Å². The molecule has 1 N–H and O–H groups in total. The van der Waals surface area contributed by atoms with Crippen LogP contribution in [0.2, 0.25) is 0 Å². The molecule has 2 aromatic heterocycles. The number of hydrogen-bond acceptors (Lipinski definition) is 4. The molecule has 0 amide bonds. The molecule has 0 aliphatic carbocycles. The molecule has 0 aliphatic rings. The summed E-state index contributed by atoms with van der Waals surface area (Å²) >= 11 is 1.51. The van der Waals surface area contributed by atoms with Crippen molar-refractivity contribution in [1.29, 1.82) is 0 Å². The number of imidazole rings is 1. The Balaban J connectivity index is 1.78. The highest BCUT2D eigenvalue weighted by Crippen LogP contribution is 2.28. The van der Waals surface area contributed by atoms with Crippen molar-refractivity contribution in [3.8, 4) is 22.6 Å². The molecule has 0 saturated heterocycles. The van der Waals surface area contributed by atoms with Crippen LogP contribution in [-0.2, 0) is 6.42 Å². The van der Waals surface area contributed by atoms with Crippen LogP contribution in [-0.4, -0.2) is 26.2 Å². The molecule has 2 heterocycles. The highest BCUT2D eigenvalue weighted by molar-refractivity contribution is 7.98. The minimum Gasteiger partial charge on any atom is -0.341 e. The van der Waals surface area contributed by atoms with Gasteiger partial charge in [0.1, 0.15) is 11.6 Å². The van der Waals surface area contributed by atoms with Crippen LogP contribution in [0.3, 0.4) is 0 Å². The maximum atomic E-state index is 13.4. The third-order valence-corrected chi connectivity index (χ3v) is 4.74. The summed E-state index contributed by atoms with van der Waals surface area (Å²) in [5, 5.41) is 0.735. The molecule has 0 aliphatic heterocycles. The zero-order valence-electron chi connectivity index (χ0n) is 14.7. The number of halogens is 1. The lowest BCUT2D eigenvalue weighted by Gasteiger charge is -2.04. The van der Waals surface area contributed by atoms with Gasteiger partial charge in [0.2, 0.25) is 0 Å². The molecular weight excluding hydrogens is 359 g/mol. The summed E-state index contributed by atoms with van der Waals surface area (Å²) in [6.45, 7) is 0. The second-order valence-electron chi connectivity index (χ2n) is 6.00. The summed E-state index contributed by atoms with van der Waals surface area (Å²) in [5.74, 6) is 0.517. The van der Waals surface area contributed by atoms with Gasteiger partial charge < -0.3 is 4.98 Å². The number of nitrogens with zero attached hydrogens (tertiary/aromatic N) is 3. The van der Waals surface area contributed by atoms with Gasteiger partial charge in [0.05, 0.1) is 11.4 Å². The van der Waals surface area contributed by atoms with Crippen LogP contribution in [0, 0.1) is 5.82 Å². The van der Waals surface area contributed by atoms with E-state index in [4.69, 9.17) is 4.98 Å². The Kier molecular flexibility index (Phi) is 4.98. The summed E-state index contributed by atoms with van der Waals surface area (Å²) in [6.07, 6.45) is 4.30. The van der Waals surface area contributed by atoms with E-state index in [0.29, 0.717) is 6.42 Å². The van der Waals surface area contributed by atoms with E-state index >= 15 is 0 Å². The van der Waals surface area contributed by atoms with Crippen LogP contribution in [0.4, 0.5) is 4.39 Å². The molecule has 6 heteroatoms. The largest absolute Gasteiger partial charge is 0.341 e. The topological polar surface area (TPSA) is 54.5 Å². The Morgan fingerprint density at radius 1 is 0.926 bits per heavy atom. The van der Waals surface area contributed by atoms with Gasteiger partial charge in [0, 0.05) is 29.4 Å². The first-order valence-corrected chi connectivity index (χ1v) is 9.71. The first kappa shape index (κ1) is 17.4. The number of rotatable bonds is 5. The normalized spacial score (nSPS) is 10.9. The van der Waals surface area contributed by atoms with E-state index in [1.54, 1.807) is 18.3 Å². The fraction of sp³-hybridized carbons (Fsp3) is 0.0952. The molecule has 4 aromatic rings. The number of nitrogens with one attached hydrogen (secondary N) is 1. The van der Waals surface area contributed by atoms with E-state index in [9.17, 15) is 4.39 Å². The molecule has 0 atom stereocenters. The molecule has 0 radical (unpaired) electrons. The van der Waals surface area contributed by atoms with Crippen LogP contribution in [0.5, 0.6) is 0 Å². The van der Waals surface area contributed by atoms with Gasteiger partial charge in [-0.1, -0.05) is 42.1 Å². The number of aromatic nitrogens is 4. The summed E-state index contributed by atoms with van der Waals surface area (Å²) in [6, 6.07) is 18.2. The molecule has 0 spiro atoms. The fourth-order valence-electron chi connectivity index (χ4n) is 2.87. The lowest BCUT2D eigenvalue weighted by molar-refractivity contribution is 0.628. The Hall–Kier alpha value is -2.99. The third kappa shape index (κ3) is 3.90. The highest BCUT2D eigenvalue weighted by Gasteiger charge is 2.15. The molecule has 2 aromatic carbocycles. The summed E-state index contributed by atoms with van der Waals surface area (Å²) in [4.78, 5) is 17.0. The third-order valence-electron chi connectivity index (χ3n) is 4.18. The minimum absolute atomic E-state index is 0.264. The molecule has 134 valence electrons. The van der Waals surface area contributed by atoms with Gasteiger partial charge in [0.25, 0.3) is 0 Å². The Morgan fingerprint density at radius 3 is 2.44 bits per heavy atom. The van der Waals surface area contributed by atoms with Crippen molar-refractivity contribution in [1.82, 2.24) is 19.9 Å². The van der Waals surface area contributed by atoms with Crippen LogP contribution in [0.15, 0.2) is 72.0 Å². The van der Waals surface area contributed by atoms with Gasteiger partial charge in [-0.3, -0.25) is 0 Å². The molecule has 0 unspecified atom stereocenters. The quantitative estimate of drug-likeness (QED) is 0.394. The van der Waals surface area contributed by atoms with Gasteiger partial charge in [0.15, 0.2) is 5.16 Å². The predicted molar refractivity (Wildman–Crippen MR) is 106 cm³/mol. The van der Waals surface area contributed by atoms with Crippen molar-refractivity contribution in [2.45, 2.75) is 11.6 Å². The average molecular weight is 376 g/mol. The Morgan fingerprint density at radius 2 is 1.70 bits per heavy atom. The highest BCUT2D eigenvalue weighted by atomic mass is 32.2. The van der Waals surface area contributed by atoms with Gasteiger partial charge in [-0.25, -0.2) is 19.3 Å². The van der Waals surface area contributed by atoms with Crippen molar-refractivity contribution in [2.75, 3.05) is 6.26 Å². The van der Waals surface area contributed by atoms with E-state index in [2.05, 4.69) is 15.0 Å². The van der Waals surface area contributed by atoms with E-state index in [-0.39, 0.29) is 5.82 Å². The smallest absolute Gasteiger partial charge is 0.187 e. The van der Waals surface area contributed by atoms with Crippen molar-refractivity contribution in [3.05, 3.63) is 84.1 Å². The van der Waals surface area contributed by atoms with E-state index in [1.165, 1.54) is 23.9 Å². The molecule has 27 heavy (non-hydrogen) atoms. The molecule has 4 rings (SSSR count). The maximum Gasteiger partial charge on any atom is 0.187 e. The zero-order chi connectivity index (χ0) is 18.6. The molecule has 0 bridgehead atoms. The molecular formula is C21H17FN4S. The Bertz CT molecular complexity index is 1050. The van der Waals surface area contributed by atoms with Crippen LogP contribution >= 0.6 is 11.8 Å². The van der Waals surface area contributed by atoms with Crippen LogP contribution in [0.1, 0.15) is 11.4 Å². The van der Waals surface area contributed by atoms with Gasteiger partial charge in [-0.05, 0) is 36.6 Å². The maximum absolute atomic E-state index is 13.4. The minimum atomic E-state index is -0.264. The summed E-state index contributed by atoms with van der Waals surface area (Å²) in [5.41, 5.74) is 4.51. The van der Waals surface area contributed by atoms with Crippen molar-refractivity contribution < 1.29 is 4.39 Å². The standard InChI is InChI=1S/C21H17FN4S/c1-27-21-23-12-11-17(24-21)13-18-19(14-7-9-16(22)10-8-14)26-20(25-18)15-5-3-2-4-6-15/h2-12H,13H2,1H3,(H,25,26). The number of thioether (sulfide) groups is 1. The van der Waals surface area contributed by atoms with E-state index in [0.717, 1.165) is 39.2 Å². The average Bonchev–Trinajstić information content (AvgIpc) is 3.13. The second kappa shape index (κ2) is 7.72. The molecule has 0 saturated carbocycles.